The zero-order valence-electron chi connectivity index (χ0n) is 5.90. The number of hydrogen-bond acceptors (Lipinski definition) is 2. The first-order valence-electron chi connectivity index (χ1n) is 3.21. The van der Waals surface area contributed by atoms with Crippen LogP contribution in [0.25, 0.3) is 0 Å². The molecule has 0 aromatic heterocycles. The van der Waals surface area contributed by atoms with Gasteiger partial charge in [0.2, 0.25) is 0 Å². The van der Waals surface area contributed by atoms with Crippen LogP contribution in [0.5, 0.6) is 0 Å². The second-order valence-electron chi connectivity index (χ2n) is 2.32. The molecule has 0 bridgehead atoms. The van der Waals surface area contributed by atoms with Crippen LogP contribution in [-0.2, 0) is 4.79 Å². The molecular formula is C6H10F3NO. The van der Waals surface area contributed by atoms with Gasteiger partial charge in [-0.05, 0) is 6.42 Å². The maximum absolute atomic E-state index is 11.6. The summed E-state index contributed by atoms with van der Waals surface area (Å²) < 4.78 is 34.7. The molecule has 0 saturated carbocycles. The molecule has 0 heterocycles. The summed E-state index contributed by atoms with van der Waals surface area (Å²) in [5.74, 6) is 0. The standard InChI is InChI=1S/C6H10F3NO/c7-6(8,9)4-5(10)2-1-3-11/h3,5H,1-2,4,10H2. The lowest BCUT2D eigenvalue weighted by atomic mass is 10.1. The van der Waals surface area contributed by atoms with Gasteiger partial charge >= 0.3 is 6.18 Å². The van der Waals surface area contributed by atoms with Crippen molar-refractivity contribution in [3.63, 3.8) is 0 Å². The maximum Gasteiger partial charge on any atom is 0.390 e. The van der Waals surface area contributed by atoms with Gasteiger partial charge in [0, 0.05) is 12.5 Å². The summed E-state index contributed by atoms with van der Waals surface area (Å²) in [4.78, 5) is 9.74. The van der Waals surface area contributed by atoms with E-state index in [2.05, 4.69) is 0 Å². The molecule has 0 rings (SSSR count). The van der Waals surface area contributed by atoms with E-state index in [0.717, 1.165) is 0 Å². The minimum Gasteiger partial charge on any atom is -0.327 e. The summed E-state index contributed by atoms with van der Waals surface area (Å²) in [5, 5.41) is 0. The molecule has 0 aliphatic heterocycles. The van der Waals surface area contributed by atoms with Crippen LogP contribution in [-0.4, -0.2) is 18.5 Å². The van der Waals surface area contributed by atoms with Crippen LogP contribution in [0.4, 0.5) is 13.2 Å². The van der Waals surface area contributed by atoms with E-state index >= 15 is 0 Å². The molecule has 1 unspecified atom stereocenters. The van der Waals surface area contributed by atoms with Crippen molar-refractivity contribution in [2.45, 2.75) is 31.5 Å². The van der Waals surface area contributed by atoms with Crippen molar-refractivity contribution in [1.82, 2.24) is 0 Å². The van der Waals surface area contributed by atoms with Gasteiger partial charge in [0.05, 0.1) is 6.42 Å². The predicted molar refractivity (Wildman–Crippen MR) is 33.9 cm³/mol. The molecule has 5 heteroatoms. The van der Waals surface area contributed by atoms with Crippen molar-refractivity contribution >= 4 is 6.29 Å². The molecule has 66 valence electrons. The van der Waals surface area contributed by atoms with Gasteiger partial charge in [0.1, 0.15) is 6.29 Å². The Morgan fingerprint density at radius 2 is 2.00 bits per heavy atom. The van der Waals surface area contributed by atoms with Crippen LogP contribution in [0.3, 0.4) is 0 Å². The number of aldehydes is 1. The molecule has 2 nitrogen and oxygen atoms in total. The molecule has 0 amide bonds. The Bertz CT molecular complexity index is 123. The molecule has 11 heavy (non-hydrogen) atoms. The Hall–Kier alpha value is -0.580. The van der Waals surface area contributed by atoms with E-state index in [1.165, 1.54) is 0 Å². The number of hydrogen-bond donors (Lipinski definition) is 1. The fourth-order valence-corrected chi connectivity index (χ4v) is 0.681. The Labute approximate surface area is 62.6 Å². The monoisotopic (exact) mass is 169 g/mol. The van der Waals surface area contributed by atoms with E-state index in [1.807, 2.05) is 0 Å². The lowest BCUT2D eigenvalue weighted by Gasteiger charge is -2.11. The number of carbonyl (C=O) groups excluding carboxylic acids is 1. The molecule has 0 aliphatic carbocycles. The number of rotatable bonds is 4. The van der Waals surface area contributed by atoms with Gasteiger partial charge in [-0.15, -0.1) is 0 Å². The van der Waals surface area contributed by atoms with Crippen LogP contribution in [0.1, 0.15) is 19.3 Å². The SMILES string of the molecule is NC(CCC=O)CC(F)(F)F. The van der Waals surface area contributed by atoms with Gasteiger partial charge in [-0.2, -0.15) is 13.2 Å². The highest BCUT2D eigenvalue weighted by Crippen LogP contribution is 2.21. The average molecular weight is 169 g/mol. The van der Waals surface area contributed by atoms with Gasteiger partial charge in [-0.3, -0.25) is 0 Å². The summed E-state index contributed by atoms with van der Waals surface area (Å²) in [7, 11) is 0. The number of alkyl halides is 3. The van der Waals surface area contributed by atoms with Crippen LogP contribution in [0.2, 0.25) is 0 Å². The normalized spacial score (nSPS) is 14.5. The van der Waals surface area contributed by atoms with Crippen molar-refractivity contribution in [3.8, 4) is 0 Å². The van der Waals surface area contributed by atoms with Gasteiger partial charge in [-0.25, -0.2) is 0 Å². The smallest absolute Gasteiger partial charge is 0.327 e. The average Bonchev–Trinajstić information content (AvgIpc) is 1.79. The fourth-order valence-electron chi connectivity index (χ4n) is 0.681. The molecule has 0 radical (unpaired) electrons. The molecule has 0 aromatic rings. The highest BCUT2D eigenvalue weighted by Gasteiger charge is 2.29. The summed E-state index contributed by atoms with van der Waals surface area (Å²) in [5.41, 5.74) is 5.07. The van der Waals surface area contributed by atoms with E-state index in [1.54, 1.807) is 0 Å². The second kappa shape index (κ2) is 4.33. The molecule has 0 spiro atoms. The topological polar surface area (TPSA) is 43.1 Å². The van der Waals surface area contributed by atoms with E-state index in [9.17, 15) is 18.0 Å². The molecular weight excluding hydrogens is 159 g/mol. The number of carbonyl (C=O) groups is 1. The summed E-state index contributed by atoms with van der Waals surface area (Å²) in [6.45, 7) is 0. The van der Waals surface area contributed by atoms with Gasteiger partial charge in [0.25, 0.3) is 0 Å². The lowest BCUT2D eigenvalue weighted by molar-refractivity contribution is -0.138. The first kappa shape index (κ1) is 10.4. The molecule has 0 aromatic carbocycles. The summed E-state index contributed by atoms with van der Waals surface area (Å²) >= 11 is 0. The zero-order valence-corrected chi connectivity index (χ0v) is 5.90. The second-order valence-corrected chi connectivity index (χ2v) is 2.32. The maximum atomic E-state index is 11.6. The minimum atomic E-state index is -4.22. The van der Waals surface area contributed by atoms with Crippen LogP contribution in [0, 0.1) is 0 Å². The first-order chi connectivity index (χ1) is 4.95. The predicted octanol–water partition coefficient (Wildman–Crippen LogP) is 1.25. The molecule has 2 N–H and O–H groups in total. The molecule has 0 aliphatic rings. The molecule has 0 fully saturated rings. The van der Waals surface area contributed by atoms with E-state index in [4.69, 9.17) is 5.73 Å². The Kier molecular flexibility index (Phi) is 4.10. The lowest BCUT2D eigenvalue weighted by Crippen LogP contribution is -2.27. The molecule has 0 saturated heterocycles. The van der Waals surface area contributed by atoms with Gasteiger partial charge in [0.15, 0.2) is 0 Å². The van der Waals surface area contributed by atoms with Crippen molar-refractivity contribution in [2.75, 3.05) is 0 Å². The third-order valence-corrected chi connectivity index (χ3v) is 1.15. The van der Waals surface area contributed by atoms with Crippen LogP contribution < -0.4 is 5.73 Å². The summed E-state index contributed by atoms with van der Waals surface area (Å²) in [6.07, 6.45) is -4.47. The van der Waals surface area contributed by atoms with Crippen molar-refractivity contribution in [3.05, 3.63) is 0 Å². The van der Waals surface area contributed by atoms with Crippen LogP contribution >= 0.6 is 0 Å². The van der Waals surface area contributed by atoms with Crippen molar-refractivity contribution in [2.24, 2.45) is 5.73 Å². The Morgan fingerprint density at radius 1 is 1.45 bits per heavy atom. The summed E-state index contributed by atoms with van der Waals surface area (Å²) in [6, 6.07) is -0.944. The minimum absolute atomic E-state index is 0.0945. The number of halogens is 3. The Morgan fingerprint density at radius 3 is 2.36 bits per heavy atom. The van der Waals surface area contributed by atoms with Crippen molar-refractivity contribution in [1.29, 1.82) is 0 Å². The number of nitrogens with two attached hydrogens (primary N) is 1. The highest BCUT2D eigenvalue weighted by atomic mass is 19.4. The van der Waals surface area contributed by atoms with E-state index in [-0.39, 0.29) is 12.8 Å². The van der Waals surface area contributed by atoms with Crippen LogP contribution in [0.15, 0.2) is 0 Å². The third-order valence-electron chi connectivity index (χ3n) is 1.15. The van der Waals surface area contributed by atoms with E-state index < -0.39 is 18.6 Å². The first-order valence-corrected chi connectivity index (χ1v) is 3.21. The van der Waals surface area contributed by atoms with E-state index in [0.29, 0.717) is 6.29 Å². The Balaban J connectivity index is 3.51. The largest absolute Gasteiger partial charge is 0.390 e. The van der Waals surface area contributed by atoms with Gasteiger partial charge in [-0.1, -0.05) is 0 Å². The van der Waals surface area contributed by atoms with Gasteiger partial charge < -0.3 is 10.5 Å². The molecule has 1 atom stereocenters. The third kappa shape index (κ3) is 7.32. The zero-order chi connectivity index (χ0) is 8.91. The quantitative estimate of drug-likeness (QED) is 0.643. The van der Waals surface area contributed by atoms with Crippen molar-refractivity contribution < 1.29 is 18.0 Å². The highest BCUT2D eigenvalue weighted by molar-refractivity contribution is 5.49. The fraction of sp³-hybridized carbons (Fsp3) is 0.833.